The molecule has 2 nitrogen and oxygen atoms in total. The van der Waals surface area contributed by atoms with E-state index in [2.05, 4.69) is 22.9 Å². The molecule has 0 radical (unpaired) electrons. The van der Waals surface area contributed by atoms with Gasteiger partial charge in [0.25, 0.3) is 0 Å². The zero-order valence-electron chi connectivity index (χ0n) is 12.7. The van der Waals surface area contributed by atoms with Gasteiger partial charge in [-0.15, -0.1) is 0 Å². The lowest BCUT2D eigenvalue weighted by Crippen LogP contribution is -2.44. The van der Waals surface area contributed by atoms with Crippen molar-refractivity contribution in [2.45, 2.75) is 88.4 Å². The molecule has 0 aliphatic heterocycles. The summed E-state index contributed by atoms with van der Waals surface area (Å²) in [5, 5.41) is 0. The first-order chi connectivity index (χ1) is 9.16. The van der Waals surface area contributed by atoms with Crippen LogP contribution in [0.15, 0.2) is 0 Å². The summed E-state index contributed by atoms with van der Waals surface area (Å²) in [6.07, 6.45) is 13.2. The average molecular weight is 332 g/mol. The van der Waals surface area contributed by atoms with Crippen molar-refractivity contribution >= 4 is 21.8 Å². The van der Waals surface area contributed by atoms with Crippen LogP contribution in [0.3, 0.4) is 0 Å². The molecule has 0 aromatic rings. The molecule has 112 valence electrons. The Balaban J connectivity index is 2.17. The minimum atomic E-state index is 0.340. The maximum absolute atomic E-state index is 12.2. The van der Waals surface area contributed by atoms with Gasteiger partial charge >= 0.3 is 0 Å². The number of rotatable bonds is 8. The van der Waals surface area contributed by atoms with E-state index in [4.69, 9.17) is 0 Å². The van der Waals surface area contributed by atoms with Crippen molar-refractivity contribution < 1.29 is 4.79 Å². The van der Waals surface area contributed by atoms with Crippen LogP contribution < -0.4 is 0 Å². The summed E-state index contributed by atoms with van der Waals surface area (Å²) in [5.41, 5.74) is 0. The minimum absolute atomic E-state index is 0.340. The highest BCUT2D eigenvalue weighted by Gasteiger charge is 2.28. The molecule has 0 saturated heterocycles. The number of nitrogens with zero attached hydrogens (tertiary/aromatic N) is 1. The van der Waals surface area contributed by atoms with Crippen LogP contribution in [0, 0.1) is 0 Å². The second-order valence-corrected chi connectivity index (χ2v) is 7.07. The summed E-state index contributed by atoms with van der Waals surface area (Å²) >= 11 is 3.74. The second-order valence-electron chi connectivity index (χ2n) is 5.89. The molecule has 0 aromatic carbocycles. The standard InChI is InChI=1S/C16H30BrNO/c1-3-4-5-6-7-8-13-16(19)18(2)15-12-10-9-11-14(15)17/h14-15H,3-13H2,1-2H3. The monoisotopic (exact) mass is 331 g/mol. The van der Waals surface area contributed by atoms with Crippen molar-refractivity contribution in [1.29, 1.82) is 0 Å². The molecule has 1 fully saturated rings. The lowest BCUT2D eigenvalue weighted by molar-refractivity contribution is -0.132. The van der Waals surface area contributed by atoms with Gasteiger partial charge in [0, 0.05) is 24.3 Å². The molecule has 0 heterocycles. The molecular formula is C16H30BrNO. The third kappa shape index (κ3) is 6.29. The molecule has 1 rings (SSSR count). The fourth-order valence-corrected chi connectivity index (χ4v) is 3.86. The van der Waals surface area contributed by atoms with Gasteiger partial charge in [-0.2, -0.15) is 0 Å². The fourth-order valence-electron chi connectivity index (χ4n) is 2.92. The van der Waals surface area contributed by atoms with E-state index in [0.29, 0.717) is 16.8 Å². The lowest BCUT2D eigenvalue weighted by Gasteiger charge is -2.35. The average Bonchev–Trinajstić information content (AvgIpc) is 2.42. The number of unbranched alkanes of at least 4 members (excludes halogenated alkanes) is 5. The molecule has 1 saturated carbocycles. The molecule has 0 N–H and O–H groups in total. The predicted molar refractivity (Wildman–Crippen MR) is 85.7 cm³/mol. The van der Waals surface area contributed by atoms with Gasteiger partial charge in [0.15, 0.2) is 0 Å². The Morgan fingerprint density at radius 1 is 1.11 bits per heavy atom. The van der Waals surface area contributed by atoms with E-state index in [1.807, 2.05) is 11.9 Å². The van der Waals surface area contributed by atoms with E-state index in [1.165, 1.54) is 51.4 Å². The topological polar surface area (TPSA) is 20.3 Å². The first-order valence-electron chi connectivity index (χ1n) is 8.06. The largest absolute Gasteiger partial charge is 0.342 e. The van der Waals surface area contributed by atoms with Gasteiger partial charge in [-0.3, -0.25) is 4.79 Å². The van der Waals surface area contributed by atoms with Gasteiger partial charge in [-0.1, -0.05) is 67.8 Å². The van der Waals surface area contributed by atoms with Gasteiger partial charge < -0.3 is 4.90 Å². The number of alkyl halides is 1. The number of hydrogen-bond donors (Lipinski definition) is 0. The number of carbonyl (C=O) groups is 1. The smallest absolute Gasteiger partial charge is 0.222 e. The van der Waals surface area contributed by atoms with Crippen LogP contribution in [0.1, 0.15) is 77.6 Å². The Kier molecular flexibility index (Phi) is 8.76. The van der Waals surface area contributed by atoms with Crippen molar-refractivity contribution in [3.8, 4) is 0 Å². The number of amides is 1. The molecule has 3 heteroatoms. The molecular weight excluding hydrogens is 302 g/mol. The van der Waals surface area contributed by atoms with Crippen molar-refractivity contribution in [3.05, 3.63) is 0 Å². The van der Waals surface area contributed by atoms with Crippen LogP contribution >= 0.6 is 15.9 Å². The third-order valence-corrected chi connectivity index (χ3v) is 5.35. The first-order valence-corrected chi connectivity index (χ1v) is 8.98. The molecule has 0 bridgehead atoms. The molecule has 1 aliphatic carbocycles. The van der Waals surface area contributed by atoms with E-state index in [1.54, 1.807) is 0 Å². The van der Waals surface area contributed by atoms with Crippen molar-refractivity contribution in [3.63, 3.8) is 0 Å². The number of hydrogen-bond acceptors (Lipinski definition) is 1. The lowest BCUT2D eigenvalue weighted by atomic mass is 9.94. The zero-order chi connectivity index (χ0) is 14.1. The van der Waals surface area contributed by atoms with Crippen molar-refractivity contribution in [1.82, 2.24) is 4.90 Å². The van der Waals surface area contributed by atoms with E-state index < -0.39 is 0 Å². The second kappa shape index (κ2) is 9.79. The molecule has 0 spiro atoms. The Morgan fingerprint density at radius 3 is 2.42 bits per heavy atom. The summed E-state index contributed by atoms with van der Waals surface area (Å²) in [6.45, 7) is 2.24. The molecule has 2 atom stereocenters. The highest BCUT2D eigenvalue weighted by Crippen LogP contribution is 2.28. The van der Waals surface area contributed by atoms with Gasteiger partial charge in [-0.25, -0.2) is 0 Å². The molecule has 1 aliphatic rings. The van der Waals surface area contributed by atoms with Gasteiger partial charge in [0.2, 0.25) is 5.91 Å². The summed E-state index contributed by atoms with van der Waals surface area (Å²) in [4.78, 5) is 14.7. The van der Waals surface area contributed by atoms with E-state index in [9.17, 15) is 4.79 Å². The van der Waals surface area contributed by atoms with Crippen LogP contribution in [-0.2, 0) is 4.79 Å². The summed E-state index contributed by atoms with van der Waals surface area (Å²) in [5.74, 6) is 0.340. The van der Waals surface area contributed by atoms with E-state index >= 15 is 0 Å². The van der Waals surface area contributed by atoms with Crippen LogP contribution in [0.2, 0.25) is 0 Å². The predicted octanol–water partition coefficient (Wildman–Crippen LogP) is 4.90. The molecule has 19 heavy (non-hydrogen) atoms. The SMILES string of the molecule is CCCCCCCCC(=O)N(C)C1CCCCC1Br. The first kappa shape index (κ1) is 17.0. The number of carbonyl (C=O) groups excluding carboxylic acids is 1. The summed E-state index contributed by atoms with van der Waals surface area (Å²) in [7, 11) is 1.99. The maximum Gasteiger partial charge on any atom is 0.222 e. The Labute approximate surface area is 127 Å². The molecule has 0 aromatic heterocycles. The third-order valence-electron chi connectivity index (χ3n) is 4.28. The normalized spacial score (nSPS) is 23.3. The fraction of sp³-hybridized carbons (Fsp3) is 0.938. The zero-order valence-corrected chi connectivity index (χ0v) is 14.3. The Hall–Kier alpha value is -0.0500. The van der Waals surface area contributed by atoms with Gasteiger partial charge in [0.05, 0.1) is 0 Å². The van der Waals surface area contributed by atoms with Crippen LogP contribution in [0.25, 0.3) is 0 Å². The van der Waals surface area contributed by atoms with Gasteiger partial charge in [-0.05, 0) is 19.3 Å². The van der Waals surface area contributed by atoms with E-state index in [0.717, 1.165) is 19.3 Å². The summed E-state index contributed by atoms with van der Waals surface area (Å²) < 4.78 is 0. The minimum Gasteiger partial charge on any atom is -0.342 e. The number of halogens is 1. The Bertz CT molecular complexity index is 257. The molecule has 1 amide bonds. The highest BCUT2D eigenvalue weighted by molar-refractivity contribution is 9.09. The maximum atomic E-state index is 12.2. The highest BCUT2D eigenvalue weighted by atomic mass is 79.9. The van der Waals surface area contributed by atoms with Crippen molar-refractivity contribution in [2.24, 2.45) is 0 Å². The quantitative estimate of drug-likeness (QED) is 0.457. The molecule has 2 unspecified atom stereocenters. The summed E-state index contributed by atoms with van der Waals surface area (Å²) in [6, 6.07) is 0.418. The van der Waals surface area contributed by atoms with Crippen LogP contribution in [0.5, 0.6) is 0 Å². The van der Waals surface area contributed by atoms with Gasteiger partial charge in [0.1, 0.15) is 0 Å². The Morgan fingerprint density at radius 2 is 1.74 bits per heavy atom. The van der Waals surface area contributed by atoms with E-state index in [-0.39, 0.29) is 0 Å². The van der Waals surface area contributed by atoms with Crippen LogP contribution in [-0.4, -0.2) is 28.7 Å². The van der Waals surface area contributed by atoms with Crippen molar-refractivity contribution in [2.75, 3.05) is 7.05 Å². The van der Waals surface area contributed by atoms with Crippen LogP contribution in [0.4, 0.5) is 0 Å².